The van der Waals surface area contributed by atoms with E-state index in [2.05, 4.69) is 43.1 Å². The van der Waals surface area contributed by atoms with Crippen LogP contribution in [-0.4, -0.2) is 41.2 Å². The van der Waals surface area contributed by atoms with E-state index < -0.39 is 0 Å². The lowest BCUT2D eigenvalue weighted by atomic mass is 9.98. The van der Waals surface area contributed by atoms with Crippen molar-refractivity contribution in [1.82, 2.24) is 24.9 Å². The monoisotopic (exact) mass is 854 g/mol. The molecule has 9 rings (SSSR count). The summed E-state index contributed by atoms with van der Waals surface area (Å²) in [6, 6.07) is 34.1. The number of nitrogens with one attached hydrogen (secondary N) is 2. The number of H-pyrrole nitrogens is 2. The highest BCUT2D eigenvalue weighted by Crippen LogP contribution is 2.36. The standard InChI is InChI=1S/C19H17N3O.C17H12N2O.C16H11N3O.C2H6/c1-13(2)23-16-5-6-19-17(9-16)18(12-22-19)15(10-20)8-14-4-3-7-21-11-14;18-10-14(8-12-2-1-7-19-11-12)16-6-4-13-3-5-15(20)9-17(13)16;17-8-12(6-11-2-1-5-18-9-11)15-10-19-16-4-3-13(20)7-14(15)16;1-2/h3-9,11-13,22H,1-2H3;1-3,5-9,11,20H,4H2;1-7,9-10,19-20H;1-2H3/b15-8+;14-8+;12-6+;. The molecule has 0 saturated heterocycles. The highest BCUT2D eigenvalue weighted by Gasteiger charge is 2.18. The molecule has 0 bridgehead atoms. The Kier molecular flexibility index (Phi) is 15.6. The number of phenols is 2. The molecule has 11 heteroatoms. The third kappa shape index (κ3) is 11.7. The molecule has 0 radical (unpaired) electrons. The van der Waals surface area contributed by atoms with Gasteiger partial charge in [-0.15, -0.1) is 0 Å². The molecule has 320 valence electrons. The number of nitrogens with zero attached hydrogens (tertiary/aromatic N) is 6. The first-order valence-electron chi connectivity index (χ1n) is 20.9. The van der Waals surface area contributed by atoms with Gasteiger partial charge in [0.2, 0.25) is 0 Å². The van der Waals surface area contributed by atoms with Gasteiger partial charge in [0.1, 0.15) is 17.2 Å². The van der Waals surface area contributed by atoms with Crippen molar-refractivity contribution in [3.05, 3.63) is 191 Å². The van der Waals surface area contributed by atoms with Crippen molar-refractivity contribution >= 4 is 56.8 Å². The molecule has 11 nitrogen and oxygen atoms in total. The highest BCUT2D eigenvalue weighted by atomic mass is 16.5. The second-order valence-electron chi connectivity index (χ2n) is 14.5. The van der Waals surface area contributed by atoms with Crippen LogP contribution in [0.15, 0.2) is 152 Å². The smallest absolute Gasteiger partial charge is 0.120 e. The molecule has 1 aliphatic carbocycles. The van der Waals surface area contributed by atoms with E-state index in [1.54, 1.807) is 79.8 Å². The molecule has 8 aromatic rings. The van der Waals surface area contributed by atoms with E-state index in [1.165, 1.54) is 0 Å². The summed E-state index contributed by atoms with van der Waals surface area (Å²) < 4.78 is 5.75. The fraction of sp³-hybridized carbons (Fsp3) is 0.111. The molecule has 4 N–H and O–H groups in total. The Morgan fingerprint density at radius 1 is 0.631 bits per heavy atom. The van der Waals surface area contributed by atoms with Crippen LogP contribution in [0.2, 0.25) is 0 Å². The Bertz CT molecular complexity index is 3140. The Labute approximate surface area is 377 Å². The van der Waals surface area contributed by atoms with Gasteiger partial charge in [-0.1, -0.05) is 44.2 Å². The lowest BCUT2D eigenvalue weighted by Gasteiger charge is -2.09. The third-order valence-electron chi connectivity index (χ3n) is 9.82. The SMILES string of the molecule is CC.CC(C)Oc1ccc2[nH]cc(/C(C#N)=C/c3cccnc3)c2c1.N#C/C(=C\c1cccnc1)C1=CCc2ccc(O)cc21.N#C/C(=C\c1cccnc1)c1c[nH]c2ccc(O)cc12. The molecule has 5 aromatic heterocycles. The molecule has 0 amide bonds. The van der Waals surface area contributed by atoms with E-state index in [9.17, 15) is 26.0 Å². The van der Waals surface area contributed by atoms with Gasteiger partial charge in [-0.05, 0) is 139 Å². The first-order valence-corrected chi connectivity index (χ1v) is 20.9. The van der Waals surface area contributed by atoms with Gasteiger partial charge in [-0.2, -0.15) is 15.8 Å². The summed E-state index contributed by atoms with van der Waals surface area (Å²) in [5.41, 5.74) is 10.8. The van der Waals surface area contributed by atoms with Gasteiger partial charge >= 0.3 is 0 Å². The minimum atomic E-state index is 0.108. The second-order valence-corrected chi connectivity index (χ2v) is 14.5. The zero-order valence-electron chi connectivity index (χ0n) is 36.4. The van der Waals surface area contributed by atoms with E-state index in [0.717, 1.165) is 78.5 Å². The van der Waals surface area contributed by atoms with Crippen LogP contribution in [0.4, 0.5) is 0 Å². The summed E-state index contributed by atoms with van der Waals surface area (Å²) >= 11 is 0. The molecule has 0 saturated carbocycles. The van der Waals surface area contributed by atoms with Crippen molar-refractivity contribution < 1.29 is 14.9 Å². The van der Waals surface area contributed by atoms with Gasteiger partial charge in [0, 0.05) is 82.5 Å². The average Bonchev–Trinajstić information content (AvgIpc) is 4.08. The number of phenolic OH excluding ortho intramolecular Hbond substituents is 2. The molecular formula is C54H46N8O3. The van der Waals surface area contributed by atoms with E-state index >= 15 is 0 Å². The highest BCUT2D eigenvalue weighted by molar-refractivity contribution is 6.02. The molecule has 0 aliphatic heterocycles. The van der Waals surface area contributed by atoms with Gasteiger partial charge < -0.3 is 24.9 Å². The molecule has 0 unspecified atom stereocenters. The number of allylic oxidation sites excluding steroid dienone is 5. The van der Waals surface area contributed by atoms with Crippen LogP contribution >= 0.6 is 0 Å². The van der Waals surface area contributed by atoms with Gasteiger partial charge in [-0.25, -0.2) is 0 Å². The number of ether oxygens (including phenoxy) is 1. The lowest BCUT2D eigenvalue weighted by Crippen LogP contribution is -2.05. The number of aromatic amines is 2. The maximum atomic E-state index is 9.62. The number of fused-ring (bicyclic) bond motifs is 3. The van der Waals surface area contributed by atoms with E-state index in [-0.39, 0.29) is 17.6 Å². The predicted octanol–water partition coefficient (Wildman–Crippen LogP) is 12.1. The van der Waals surface area contributed by atoms with Gasteiger partial charge in [-0.3, -0.25) is 15.0 Å². The molecule has 0 fully saturated rings. The Hall–Kier alpha value is -8.98. The number of hydrogen-bond donors (Lipinski definition) is 4. The third-order valence-corrected chi connectivity index (χ3v) is 9.82. The van der Waals surface area contributed by atoms with Crippen LogP contribution < -0.4 is 4.74 Å². The lowest BCUT2D eigenvalue weighted by molar-refractivity contribution is 0.243. The van der Waals surface area contributed by atoms with Crippen LogP contribution in [0.5, 0.6) is 17.2 Å². The topological polar surface area (TPSA) is 191 Å². The van der Waals surface area contributed by atoms with Crippen LogP contribution in [-0.2, 0) is 6.42 Å². The Morgan fingerprint density at radius 2 is 1.11 bits per heavy atom. The fourth-order valence-electron chi connectivity index (χ4n) is 6.96. The molecule has 0 atom stereocenters. The van der Waals surface area contributed by atoms with Crippen LogP contribution in [0.1, 0.15) is 66.6 Å². The summed E-state index contributed by atoms with van der Waals surface area (Å²) in [6.07, 6.45) is 22.2. The first kappa shape index (κ1) is 45.5. The Balaban J connectivity index is 0.000000159. The molecule has 3 aromatic carbocycles. The number of aromatic hydroxyl groups is 2. The largest absolute Gasteiger partial charge is 0.508 e. The number of pyridine rings is 3. The summed E-state index contributed by atoms with van der Waals surface area (Å²) in [5.74, 6) is 1.19. The van der Waals surface area contributed by atoms with Crippen molar-refractivity contribution in [2.24, 2.45) is 0 Å². The summed E-state index contributed by atoms with van der Waals surface area (Å²) in [5, 5.41) is 49.3. The number of aromatic nitrogens is 5. The van der Waals surface area contributed by atoms with Crippen LogP contribution in [0, 0.1) is 34.0 Å². The number of rotatable bonds is 8. The van der Waals surface area contributed by atoms with Crippen LogP contribution in [0.3, 0.4) is 0 Å². The molecule has 0 spiro atoms. The summed E-state index contributed by atoms with van der Waals surface area (Å²) in [6.45, 7) is 7.98. The van der Waals surface area contributed by atoms with Gasteiger partial charge in [0.05, 0.1) is 41.0 Å². The van der Waals surface area contributed by atoms with Crippen molar-refractivity contribution in [3.63, 3.8) is 0 Å². The number of nitriles is 3. The van der Waals surface area contributed by atoms with Crippen molar-refractivity contribution in [2.45, 2.75) is 40.2 Å². The number of hydrogen-bond acceptors (Lipinski definition) is 9. The zero-order valence-corrected chi connectivity index (χ0v) is 36.4. The Morgan fingerprint density at radius 3 is 1.60 bits per heavy atom. The van der Waals surface area contributed by atoms with E-state index in [4.69, 9.17) is 4.74 Å². The minimum absolute atomic E-state index is 0.108. The van der Waals surface area contributed by atoms with Gasteiger partial charge in [0.25, 0.3) is 0 Å². The quantitative estimate of drug-likeness (QED) is 0.108. The van der Waals surface area contributed by atoms with Gasteiger partial charge in [0.15, 0.2) is 0 Å². The zero-order chi connectivity index (χ0) is 46.1. The van der Waals surface area contributed by atoms with E-state index in [0.29, 0.717) is 16.7 Å². The molecule has 65 heavy (non-hydrogen) atoms. The maximum absolute atomic E-state index is 9.62. The maximum Gasteiger partial charge on any atom is 0.120 e. The second kappa shape index (κ2) is 22.2. The van der Waals surface area contributed by atoms with Crippen molar-refractivity contribution in [2.75, 3.05) is 0 Å². The summed E-state index contributed by atoms with van der Waals surface area (Å²) in [4.78, 5) is 18.5. The molecular weight excluding hydrogens is 809 g/mol. The molecule has 5 heterocycles. The van der Waals surface area contributed by atoms with Crippen molar-refractivity contribution in [1.29, 1.82) is 15.8 Å². The average molecular weight is 855 g/mol. The normalized spacial score (nSPS) is 11.9. The number of benzene rings is 3. The van der Waals surface area contributed by atoms with E-state index in [1.807, 2.05) is 113 Å². The fourth-order valence-corrected chi connectivity index (χ4v) is 6.96. The molecule has 1 aliphatic rings. The predicted molar refractivity (Wildman–Crippen MR) is 258 cm³/mol. The first-order chi connectivity index (χ1) is 31.7. The minimum Gasteiger partial charge on any atom is -0.508 e. The summed E-state index contributed by atoms with van der Waals surface area (Å²) in [7, 11) is 0. The van der Waals surface area contributed by atoms with Crippen molar-refractivity contribution in [3.8, 4) is 35.5 Å². The van der Waals surface area contributed by atoms with Crippen LogP contribution in [0.25, 0.3) is 56.8 Å².